The van der Waals surface area contributed by atoms with Crippen LogP contribution in [-0.2, 0) is 0 Å². The Kier molecular flexibility index (Phi) is 5.18. The maximum absolute atomic E-state index is 13.6. The molecule has 7 heteroatoms. The van der Waals surface area contributed by atoms with Gasteiger partial charge in [0.15, 0.2) is 0 Å². The van der Waals surface area contributed by atoms with Gasteiger partial charge in [-0.15, -0.1) is 0 Å². The molecule has 0 fully saturated rings. The fourth-order valence-corrected chi connectivity index (χ4v) is 2.05. The van der Waals surface area contributed by atoms with E-state index in [1.807, 2.05) is 0 Å². The predicted molar refractivity (Wildman–Crippen MR) is 67.2 cm³/mol. The Balaban J connectivity index is 3.15. The molecule has 2 N–H and O–H groups in total. The Morgan fingerprint density at radius 3 is 2.61 bits per heavy atom. The monoisotopic (exact) mass is 321 g/mol. The lowest BCUT2D eigenvalue weighted by molar-refractivity contribution is -0.385. The molecular formula is C11H13BrFNO4. The molecule has 5 nitrogen and oxygen atoms in total. The highest BCUT2D eigenvalue weighted by atomic mass is 79.9. The van der Waals surface area contributed by atoms with Gasteiger partial charge in [0.1, 0.15) is 11.9 Å². The first kappa shape index (κ1) is 15.0. The maximum atomic E-state index is 13.6. The minimum absolute atomic E-state index is 0.170. The molecule has 0 aliphatic heterocycles. The van der Waals surface area contributed by atoms with Crippen LogP contribution in [0.15, 0.2) is 12.1 Å². The van der Waals surface area contributed by atoms with E-state index in [0.29, 0.717) is 5.33 Å². The number of nitro benzene ring substituents is 1. The van der Waals surface area contributed by atoms with Gasteiger partial charge >= 0.3 is 0 Å². The molecule has 100 valence electrons. The number of halogens is 2. The van der Waals surface area contributed by atoms with Crippen molar-refractivity contribution < 1.29 is 19.5 Å². The van der Waals surface area contributed by atoms with E-state index in [2.05, 4.69) is 15.9 Å². The SMILES string of the molecule is Cc1cc(F)c(C(O)C(O)CCBr)cc1[N+](=O)[O-]. The molecule has 0 saturated carbocycles. The van der Waals surface area contributed by atoms with Crippen molar-refractivity contribution in [3.05, 3.63) is 39.2 Å². The van der Waals surface area contributed by atoms with Crippen molar-refractivity contribution in [2.24, 2.45) is 0 Å². The van der Waals surface area contributed by atoms with Crippen molar-refractivity contribution in [2.45, 2.75) is 25.6 Å². The second kappa shape index (κ2) is 6.21. The topological polar surface area (TPSA) is 83.6 Å². The maximum Gasteiger partial charge on any atom is 0.272 e. The van der Waals surface area contributed by atoms with Crippen LogP contribution in [-0.4, -0.2) is 26.6 Å². The number of nitro groups is 1. The van der Waals surface area contributed by atoms with Gasteiger partial charge in [-0.1, -0.05) is 15.9 Å². The normalized spacial score (nSPS) is 14.3. The summed E-state index contributed by atoms with van der Waals surface area (Å²) in [5.74, 6) is -0.765. The Morgan fingerprint density at radius 2 is 2.11 bits per heavy atom. The molecule has 1 aromatic rings. The highest BCUT2D eigenvalue weighted by Gasteiger charge is 2.25. The van der Waals surface area contributed by atoms with Gasteiger partial charge < -0.3 is 10.2 Å². The zero-order valence-electron chi connectivity index (χ0n) is 9.64. The van der Waals surface area contributed by atoms with Crippen molar-refractivity contribution >= 4 is 21.6 Å². The molecule has 0 aromatic heterocycles. The van der Waals surface area contributed by atoms with Crippen LogP contribution in [0.5, 0.6) is 0 Å². The van der Waals surface area contributed by atoms with Crippen LogP contribution in [0.25, 0.3) is 0 Å². The molecular weight excluding hydrogens is 309 g/mol. The number of aryl methyl sites for hydroxylation is 1. The van der Waals surface area contributed by atoms with Gasteiger partial charge in [-0.25, -0.2) is 4.39 Å². The van der Waals surface area contributed by atoms with Gasteiger partial charge in [-0.05, 0) is 19.4 Å². The number of rotatable bonds is 5. The second-order valence-corrected chi connectivity index (χ2v) is 4.70. The number of aliphatic hydroxyl groups excluding tert-OH is 2. The van der Waals surface area contributed by atoms with Crippen LogP contribution < -0.4 is 0 Å². The summed E-state index contributed by atoms with van der Waals surface area (Å²) < 4.78 is 13.6. The summed E-state index contributed by atoms with van der Waals surface area (Å²) in [5.41, 5.74) is -0.374. The molecule has 0 aliphatic carbocycles. The van der Waals surface area contributed by atoms with E-state index < -0.39 is 22.9 Å². The number of benzene rings is 1. The summed E-state index contributed by atoms with van der Waals surface area (Å²) in [6.45, 7) is 1.41. The predicted octanol–water partition coefficient (Wildman–Crippen LogP) is 2.22. The van der Waals surface area contributed by atoms with Crippen molar-refractivity contribution in [3.63, 3.8) is 0 Å². The van der Waals surface area contributed by atoms with Crippen LogP contribution >= 0.6 is 15.9 Å². The highest BCUT2D eigenvalue weighted by molar-refractivity contribution is 9.09. The molecule has 0 aliphatic rings. The van der Waals surface area contributed by atoms with Gasteiger partial charge in [-0.3, -0.25) is 10.1 Å². The Labute approximate surface area is 112 Å². The summed E-state index contributed by atoms with van der Waals surface area (Å²) >= 11 is 3.09. The number of hydrogen-bond acceptors (Lipinski definition) is 4. The number of aliphatic hydroxyl groups is 2. The first-order valence-corrected chi connectivity index (χ1v) is 6.37. The third-order valence-corrected chi connectivity index (χ3v) is 3.06. The molecule has 2 unspecified atom stereocenters. The molecule has 0 radical (unpaired) electrons. The van der Waals surface area contributed by atoms with E-state index in [9.17, 15) is 24.7 Å². The first-order chi connectivity index (χ1) is 8.38. The molecule has 0 heterocycles. The van der Waals surface area contributed by atoms with Gasteiger partial charge in [0.05, 0.1) is 11.0 Å². The largest absolute Gasteiger partial charge is 0.390 e. The van der Waals surface area contributed by atoms with Crippen molar-refractivity contribution in [3.8, 4) is 0 Å². The average molecular weight is 322 g/mol. The number of hydrogen-bond donors (Lipinski definition) is 2. The van der Waals surface area contributed by atoms with Crippen molar-refractivity contribution in [2.75, 3.05) is 5.33 Å². The third-order valence-electron chi connectivity index (χ3n) is 2.60. The zero-order chi connectivity index (χ0) is 13.9. The Bertz CT molecular complexity index is 455. The molecule has 0 bridgehead atoms. The highest BCUT2D eigenvalue weighted by Crippen LogP contribution is 2.28. The van der Waals surface area contributed by atoms with Crippen LogP contribution in [0, 0.1) is 22.9 Å². The molecule has 0 saturated heterocycles. The Hall–Kier alpha value is -1.05. The van der Waals surface area contributed by atoms with E-state index in [4.69, 9.17) is 0 Å². The van der Waals surface area contributed by atoms with Crippen LogP contribution in [0.2, 0.25) is 0 Å². The molecule has 0 amide bonds. The summed E-state index contributed by atoms with van der Waals surface area (Å²) in [4.78, 5) is 10.1. The van der Waals surface area contributed by atoms with Crippen LogP contribution in [0.4, 0.5) is 10.1 Å². The van der Waals surface area contributed by atoms with Crippen molar-refractivity contribution in [1.82, 2.24) is 0 Å². The van der Waals surface area contributed by atoms with Crippen LogP contribution in [0.1, 0.15) is 23.7 Å². The lowest BCUT2D eigenvalue weighted by atomic mass is 9.99. The van der Waals surface area contributed by atoms with Gasteiger partial charge in [-0.2, -0.15) is 0 Å². The van der Waals surface area contributed by atoms with Gasteiger partial charge in [0.2, 0.25) is 0 Å². The summed E-state index contributed by atoms with van der Waals surface area (Å²) in [5, 5.41) is 30.5. The molecule has 18 heavy (non-hydrogen) atoms. The summed E-state index contributed by atoms with van der Waals surface area (Å²) in [6.07, 6.45) is -2.45. The quantitative estimate of drug-likeness (QED) is 0.495. The third kappa shape index (κ3) is 3.24. The fraction of sp³-hybridized carbons (Fsp3) is 0.455. The van der Waals surface area contributed by atoms with Crippen LogP contribution in [0.3, 0.4) is 0 Å². The number of alkyl halides is 1. The minimum Gasteiger partial charge on any atom is -0.390 e. The van der Waals surface area contributed by atoms with E-state index in [1.165, 1.54) is 6.92 Å². The standard InChI is InChI=1S/C11H13BrFNO4/c1-6-4-8(13)7(5-9(6)14(17)18)11(16)10(15)2-3-12/h4-5,10-11,15-16H,2-3H2,1H3. The van der Waals surface area contributed by atoms with Gasteiger partial charge in [0.25, 0.3) is 5.69 Å². The molecule has 1 aromatic carbocycles. The summed E-state index contributed by atoms with van der Waals surface area (Å²) in [6, 6.07) is 1.95. The van der Waals surface area contributed by atoms with E-state index in [-0.39, 0.29) is 23.2 Å². The van der Waals surface area contributed by atoms with E-state index >= 15 is 0 Å². The smallest absolute Gasteiger partial charge is 0.272 e. The second-order valence-electron chi connectivity index (χ2n) is 3.91. The van der Waals surface area contributed by atoms with E-state index in [1.54, 1.807) is 0 Å². The molecule has 2 atom stereocenters. The minimum atomic E-state index is -1.48. The molecule has 1 rings (SSSR count). The lowest BCUT2D eigenvalue weighted by Gasteiger charge is -2.18. The lowest BCUT2D eigenvalue weighted by Crippen LogP contribution is -2.20. The van der Waals surface area contributed by atoms with E-state index in [0.717, 1.165) is 12.1 Å². The zero-order valence-corrected chi connectivity index (χ0v) is 11.2. The molecule has 0 spiro atoms. The summed E-state index contributed by atoms with van der Waals surface area (Å²) in [7, 11) is 0. The average Bonchev–Trinajstić information content (AvgIpc) is 2.28. The van der Waals surface area contributed by atoms with Crippen molar-refractivity contribution in [1.29, 1.82) is 0 Å². The fourth-order valence-electron chi connectivity index (χ4n) is 1.58. The Morgan fingerprint density at radius 1 is 1.50 bits per heavy atom. The van der Waals surface area contributed by atoms with Gasteiger partial charge in [0, 0.05) is 22.5 Å². The first-order valence-electron chi connectivity index (χ1n) is 5.25. The number of nitrogens with zero attached hydrogens (tertiary/aromatic N) is 1.